The minimum absolute atomic E-state index is 0.740. The molecule has 2 saturated heterocycles. The van der Waals surface area contributed by atoms with Gasteiger partial charge in [0.25, 0.3) is 0 Å². The third-order valence-corrected chi connectivity index (χ3v) is 3.62. The lowest BCUT2D eigenvalue weighted by molar-refractivity contribution is 0.155. The molecule has 0 N–H and O–H groups in total. The maximum Gasteiger partial charge on any atom is 0.0622 e. The van der Waals surface area contributed by atoms with Crippen molar-refractivity contribution >= 4 is 0 Å². The van der Waals surface area contributed by atoms with Crippen molar-refractivity contribution in [1.29, 1.82) is 0 Å². The zero-order chi connectivity index (χ0) is 11.3. The Balaban J connectivity index is 0.000000531. The molecule has 0 aromatic rings. The van der Waals surface area contributed by atoms with E-state index in [1.165, 1.54) is 25.9 Å². The van der Waals surface area contributed by atoms with E-state index in [0.717, 1.165) is 31.1 Å². The van der Waals surface area contributed by atoms with Gasteiger partial charge in [-0.05, 0) is 31.2 Å². The molecule has 2 atom stereocenters. The lowest BCUT2D eigenvalue weighted by atomic mass is 9.95. The predicted octanol–water partition coefficient (Wildman–Crippen LogP) is 2.78. The molecule has 0 bridgehead atoms. The van der Waals surface area contributed by atoms with Gasteiger partial charge < -0.3 is 4.74 Å². The van der Waals surface area contributed by atoms with Gasteiger partial charge in [-0.1, -0.05) is 27.7 Å². The third-order valence-electron chi connectivity index (χ3n) is 3.62. The molecule has 0 saturated carbocycles. The molecule has 0 amide bonds. The van der Waals surface area contributed by atoms with Crippen LogP contribution in [0.15, 0.2) is 0 Å². The van der Waals surface area contributed by atoms with Crippen LogP contribution in [0.5, 0.6) is 0 Å². The molecule has 90 valence electrons. The Labute approximate surface area is 95.0 Å². The zero-order valence-corrected chi connectivity index (χ0v) is 10.8. The molecule has 0 aliphatic carbocycles. The number of nitrogens with zero attached hydrogens (tertiary/aromatic N) is 1. The van der Waals surface area contributed by atoms with Crippen LogP contribution in [0.3, 0.4) is 0 Å². The van der Waals surface area contributed by atoms with E-state index in [4.69, 9.17) is 4.74 Å². The summed E-state index contributed by atoms with van der Waals surface area (Å²) in [4.78, 5) is 2.64. The van der Waals surface area contributed by atoms with Gasteiger partial charge in [-0.15, -0.1) is 0 Å². The first-order chi connectivity index (χ1) is 7.27. The molecule has 2 aliphatic rings. The van der Waals surface area contributed by atoms with Crippen LogP contribution in [0, 0.1) is 11.8 Å². The van der Waals surface area contributed by atoms with E-state index in [1.807, 2.05) is 13.8 Å². The van der Waals surface area contributed by atoms with Crippen LogP contribution < -0.4 is 0 Å². The van der Waals surface area contributed by atoms with Crippen LogP contribution in [0.1, 0.15) is 40.5 Å². The van der Waals surface area contributed by atoms with Gasteiger partial charge in [0.15, 0.2) is 0 Å². The summed E-state index contributed by atoms with van der Waals surface area (Å²) in [5.41, 5.74) is 0. The fourth-order valence-electron chi connectivity index (χ4n) is 2.50. The number of hydrogen-bond acceptors (Lipinski definition) is 2. The molecule has 2 fully saturated rings. The Bertz CT molecular complexity index is 164. The van der Waals surface area contributed by atoms with Gasteiger partial charge >= 0.3 is 0 Å². The standard InChI is InChI=1S/C11H21NO.C2H6/c1-9(2)10-3-5-12(7-10)11-4-6-13-8-11;1-2/h9-11H,3-8H2,1-2H3;1-2H3. The molecule has 0 spiro atoms. The van der Waals surface area contributed by atoms with Gasteiger partial charge in [-0.3, -0.25) is 4.90 Å². The van der Waals surface area contributed by atoms with E-state index in [9.17, 15) is 0 Å². The summed E-state index contributed by atoms with van der Waals surface area (Å²) < 4.78 is 5.42. The molecule has 15 heavy (non-hydrogen) atoms. The van der Waals surface area contributed by atoms with Gasteiger partial charge in [0.05, 0.1) is 6.61 Å². The van der Waals surface area contributed by atoms with Crippen molar-refractivity contribution < 1.29 is 4.74 Å². The van der Waals surface area contributed by atoms with Gasteiger partial charge in [-0.25, -0.2) is 0 Å². The summed E-state index contributed by atoms with van der Waals surface area (Å²) >= 11 is 0. The van der Waals surface area contributed by atoms with Crippen molar-refractivity contribution in [3.8, 4) is 0 Å². The highest BCUT2D eigenvalue weighted by molar-refractivity contribution is 4.84. The Morgan fingerprint density at radius 2 is 1.93 bits per heavy atom. The average Bonchev–Trinajstić information content (AvgIpc) is 2.91. The van der Waals surface area contributed by atoms with Gasteiger partial charge in [0.1, 0.15) is 0 Å². The molecule has 2 heterocycles. The highest BCUT2D eigenvalue weighted by atomic mass is 16.5. The second kappa shape index (κ2) is 6.49. The summed E-state index contributed by atoms with van der Waals surface area (Å²) in [7, 11) is 0. The molecule has 2 aliphatic heterocycles. The highest BCUT2D eigenvalue weighted by Gasteiger charge is 2.31. The first-order valence-corrected chi connectivity index (χ1v) is 6.59. The predicted molar refractivity (Wildman–Crippen MR) is 65.1 cm³/mol. The Kier molecular flexibility index (Phi) is 5.62. The summed E-state index contributed by atoms with van der Waals surface area (Å²) in [5, 5.41) is 0. The van der Waals surface area contributed by atoms with E-state index in [0.29, 0.717) is 0 Å². The lowest BCUT2D eigenvalue weighted by Crippen LogP contribution is -2.34. The van der Waals surface area contributed by atoms with Gasteiger partial charge in [0.2, 0.25) is 0 Å². The minimum atomic E-state index is 0.740. The molecule has 0 aromatic carbocycles. The fraction of sp³-hybridized carbons (Fsp3) is 1.00. The Morgan fingerprint density at radius 3 is 2.40 bits per heavy atom. The smallest absolute Gasteiger partial charge is 0.0622 e. The normalized spacial score (nSPS) is 31.8. The highest BCUT2D eigenvalue weighted by Crippen LogP contribution is 2.27. The fourth-order valence-corrected chi connectivity index (χ4v) is 2.50. The molecule has 0 aromatic heterocycles. The number of hydrogen-bond donors (Lipinski definition) is 0. The summed E-state index contributed by atoms with van der Waals surface area (Å²) in [6, 6.07) is 0.740. The van der Waals surface area contributed by atoms with Crippen LogP contribution in [0.2, 0.25) is 0 Å². The zero-order valence-electron chi connectivity index (χ0n) is 10.8. The van der Waals surface area contributed by atoms with Crippen LogP contribution in [0.25, 0.3) is 0 Å². The van der Waals surface area contributed by atoms with Crippen molar-refractivity contribution in [2.45, 2.75) is 46.6 Å². The maximum atomic E-state index is 5.42. The molecule has 2 heteroatoms. The number of likely N-dealkylation sites (tertiary alicyclic amines) is 1. The van der Waals surface area contributed by atoms with E-state index >= 15 is 0 Å². The van der Waals surface area contributed by atoms with Crippen molar-refractivity contribution in [2.75, 3.05) is 26.3 Å². The lowest BCUT2D eigenvalue weighted by Gasteiger charge is -2.23. The second-order valence-electron chi connectivity index (χ2n) is 4.81. The molecule has 2 nitrogen and oxygen atoms in total. The number of rotatable bonds is 2. The van der Waals surface area contributed by atoms with Crippen LogP contribution in [0.4, 0.5) is 0 Å². The maximum absolute atomic E-state index is 5.42. The Morgan fingerprint density at radius 1 is 1.20 bits per heavy atom. The summed E-state index contributed by atoms with van der Waals surface area (Å²) in [6.07, 6.45) is 2.65. The minimum Gasteiger partial charge on any atom is -0.380 e. The first kappa shape index (κ1) is 13.0. The van der Waals surface area contributed by atoms with E-state index in [1.54, 1.807) is 0 Å². The molecule has 0 radical (unpaired) electrons. The summed E-state index contributed by atoms with van der Waals surface area (Å²) in [5.74, 6) is 1.79. The topological polar surface area (TPSA) is 12.5 Å². The van der Waals surface area contributed by atoms with Crippen molar-refractivity contribution in [3.05, 3.63) is 0 Å². The van der Waals surface area contributed by atoms with Crippen molar-refractivity contribution in [1.82, 2.24) is 4.90 Å². The van der Waals surface area contributed by atoms with Crippen molar-refractivity contribution in [3.63, 3.8) is 0 Å². The second-order valence-corrected chi connectivity index (χ2v) is 4.81. The molecule has 2 rings (SSSR count). The van der Waals surface area contributed by atoms with Crippen molar-refractivity contribution in [2.24, 2.45) is 11.8 Å². The average molecular weight is 213 g/mol. The monoisotopic (exact) mass is 213 g/mol. The van der Waals surface area contributed by atoms with E-state index < -0.39 is 0 Å². The molecule has 2 unspecified atom stereocenters. The Hall–Kier alpha value is -0.0800. The SMILES string of the molecule is CC.CC(C)C1CCN(C2CCOC2)C1. The molecular formula is C13H27NO. The van der Waals surface area contributed by atoms with Crippen LogP contribution in [-0.2, 0) is 4.74 Å². The molecular weight excluding hydrogens is 186 g/mol. The number of ether oxygens (including phenoxy) is 1. The summed E-state index contributed by atoms with van der Waals surface area (Å²) in [6.45, 7) is 13.3. The quantitative estimate of drug-likeness (QED) is 0.699. The van der Waals surface area contributed by atoms with Gasteiger partial charge in [0, 0.05) is 19.2 Å². The van der Waals surface area contributed by atoms with Crippen LogP contribution in [-0.4, -0.2) is 37.2 Å². The van der Waals surface area contributed by atoms with E-state index in [-0.39, 0.29) is 0 Å². The largest absolute Gasteiger partial charge is 0.380 e. The van der Waals surface area contributed by atoms with Crippen LogP contribution >= 0.6 is 0 Å². The third kappa shape index (κ3) is 3.46. The van der Waals surface area contributed by atoms with E-state index in [2.05, 4.69) is 18.7 Å². The van der Waals surface area contributed by atoms with Gasteiger partial charge in [-0.2, -0.15) is 0 Å². The first-order valence-electron chi connectivity index (χ1n) is 6.59.